The quantitative estimate of drug-likeness (QED) is 0.856. The van der Waals surface area contributed by atoms with Gasteiger partial charge in [-0.1, -0.05) is 30.3 Å². The SMILES string of the molecule is Cc1cc(COCc2ccccc2)c(CNC(C)(C)C)c(N)n1. The topological polar surface area (TPSA) is 60.2 Å². The third-order valence-corrected chi connectivity index (χ3v) is 3.54. The van der Waals surface area contributed by atoms with Gasteiger partial charge in [0, 0.05) is 23.3 Å². The van der Waals surface area contributed by atoms with E-state index in [2.05, 4.69) is 49.3 Å². The van der Waals surface area contributed by atoms with Crippen molar-refractivity contribution >= 4 is 5.82 Å². The summed E-state index contributed by atoms with van der Waals surface area (Å²) in [6, 6.07) is 12.2. The fourth-order valence-corrected chi connectivity index (χ4v) is 2.33. The number of nitrogens with zero attached hydrogens (tertiary/aromatic N) is 1. The van der Waals surface area contributed by atoms with Crippen molar-refractivity contribution in [3.63, 3.8) is 0 Å². The van der Waals surface area contributed by atoms with E-state index < -0.39 is 0 Å². The molecular weight excluding hydrogens is 286 g/mol. The molecule has 0 bridgehead atoms. The average molecular weight is 313 g/mol. The first-order valence-electron chi connectivity index (χ1n) is 7.97. The summed E-state index contributed by atoms with van der Waals surface area (Å²) in [7, 11) is 0. The van der Waals surface area contributed by atoms with E-state index in [1.165, 1.54) is 5.56 Å². The van der Waals surface area contributed by atoms with E-state index in [-0.39, 0.29) is 5.54 Å². The standard InChI is InChI=1S/C19H27N3O/c1-14-10-16(13-23-12-15-8-6-5-7-9-15)17(18(20)22-14)11-21-19(2,3)4/h5-10,21H,11-13H2,1-4H3,(H2,20,22). The van der Waals surface area contributed by atoms with Crippen LogP contribution in [0.5, 0.6) is 0 Å². The van der Waals surface area contributed by atoms with Gasteiger partial charge in [0.2, 0.25) is 0 Å². The molecule has 0 fully saturated rings. The first kappa shape index (κ1) is 17.4. The maximum Gasteiger partial charge on any atom is 0.128 e. The van der Waals surface area contributed by atoms with Crippen LogP contribution in [0.15, 0.2) is 36.4 Å². The van der Waals surface area contributed by atoms with E-state index in [1.54, 1.807) is 0 Å². The second kappa shape index (κ2) is 7.57. The van der Waals surface area contributed by atoms with Gasteiger partial charge >= 0.3 is 0 Å². The van der Waals surface area contributed by atoms with Crippen molar-refractivity contribution in [1.29, 1.82) is 0 Å². The zero-order valence-electron chi connectivity index (χ0n) is 14.5. The average Bonchev–Trinajstić information content (AvgIpc) is 2.46. The van der Waals surface area contributed by atoms with Crippen molar-refractivity contribution in [2.45, 2.75) is 53.0 Å². The zero-order valence-corrected chi connectivity index (χ0v) is 14.5. The molecule has 0 unspecified atom stereocenters. The number of aryl methyl sites for hydroxylation is 1. The third-order valence-electron chi connectivity index (χ3n) is 3.54. The van der Waals surface area contributed by atoms with Crippen LogP contribution in [-0.4, -0.2) is 10.5 Å². The molecule has 0 aliphatic carbocycles. The lowest BCUT2D eigenvalue weighted by Crippen LogP contribution is -2.35. The first-order valence-corrected chi connectivity index (χ1v) is 7.97. The summed E-state index contributed by atoms with van der Waals surface area (Å²) >= 11 is 0. The highest BCUT2D eigenvalue weighted by molar-refractivity contribution is 5.46. The van der Waals surface area contributed by atoms with Gasteiger partial charge in [-0.25, -0.2) is 4.98 Å². The number of anilines is 1. The van der Waals surface area contributed by atoms with Gasteiger partial charge in [0.05, 0.1) is 13.2 Å². The molecule has 3 N–H and O–H groups in total. The number of hydrogen-bond donors (Lipinski definition) is 2. The Morgan fingerprint density at radius 2 is 1.83 bits per heavy atom. The number of pyridine rings is 1. The van der Waals surface area contributed by atoms with E-state index >= 15 is 0 Å². The van der Waals surface area contributed by atoms with Crippen LogP contribution in [-0.2, 0) is 24.5 Å². The molecule has 4 nitrogen and oxygen atoms in total. The van der Waals surface area contributed by atoms with Crippen molar-refractivity contribution in [3.05, 3.63) is 58.8 Å². The molecule has 1 aromatic heterocycles. The number of nitrogens with one attached hydrogen (secondary N) is 1. The van der Waals surface area contributed by atoms with Gasteiger partial charge < -0.3 is 15.8 Å². The van der Waals surface area contributed by atoms with Crippen molar-refractivity contribution in [3.8, 4) is 0 Å². The molecule has 0 atom stereocenters. The molecule has 4 heteroatoms. The number of nitrogens with two attached hydrogens (primary N) is 1. The minimum Gasteiger partial charge on any atom is -0.383 e. The number of benzene rings is 1. The van der Waals surface area contributed by atoms with Gasteiger partial charge in [0.25, 0.3) is 0 Å². The van der Waals surface area contributed by atoms with E-state index in [4.69, 9.17) is 10.5 Å². The molecule has 0 radical (unpaired) electrons. The number of rotatable bonds is 6. The predicted octanol–water partition coefficient (Wildman–Crippen LogP) is 3.58. The van der Waals surface area contributed by atoms with Crippen LogP contribution in [0.25, 0.3) is 0 Å². The monoisotopic (exact) mass is 313 g/mol. The van der Waals surface area contributed by atoms with Crippen molar-refractivity contribution in [1.82, 2.24) is 10.3 Å². The Kier molecular flexibility index (Phi) is 5.74. The molecule has 0 aliphatic rings. The van der Waals surface area contributed by atoms with E-state index in [0.717, 1.165) is 16.8 Å². The molecule has 1 heterocycles. The second-order valence-corrected chi connectivity index (χ2v) is 6.87. The second-order valence-electron chi connectivity index (χ2n) is 6.87. The van der Waals surface area contributed by atoms with Crippen LogP contribution in [0.1, 0.15) is 43.2 Å². The molecule has 0 aliphatic heterocycles. The van der Waals surface area contributed by atoms with Gasteiger partial charge in [-0.2, -0.15) is 0 Å². The Balaban J connectivity index is 2.07. The summed E-state index contributed by atoms with van der Waals surface area (Å²) < 4.78 is 5.88. The van der Waals surface area contributed by atoms with Crippen LogP contribution in [0.2, 0.25) is 0 Å². The van der Waals surface area contributed by atoms with Crippen molar-refractivity contribution in [2.75, 3.05) is 5.73 Å². The fourth-order valence-electron chi connectivity index (χ4n) is 2.33. The highest BCUT2D eigenvalue weighted by Crippen LogP contribution is 2.19. The summed E-state index contributed by atoms with van der Waals surface area (Å²) in [5.74, 6) is 0.583. The number of nitrogen functional groups attached to an aromatic ring is 1. The smallest absolute Gasteiger partial charge is 0.128 e. The molecular formula is C19H27N3O. The summed E-state index contributed by atoms with van der Waals surface area (Å²) in [6.45, 7) is 10.2. The van der Waals surface area contributed by atoms with E-state index in [0.29, 0.717) is 25.6 Å². The molecule has 1 aromatic carbocycles. The van der Waals surface area contributed by atoms with Crippen molar-refractivity contribution in [2.24, 2.45) is 0 Å². The molecule has 23 heavy (non-hydrogen) atoms. The normalized spacial score (nSPS) is 11.7. The number of hydrogen-bond acceptors (Lipinski definition) is 4. The highest BCUT2D eigenvalue weighted by atomic mass is 16.5. The molecule has 124 valence electrons. The summed E-state index contributed by atoms with van der Waals surface area (Å²) in [5, 5.41) is 3.47. The van der Waals surface area contributed by atoms with Crippen molar-refractivity contribution < 1.29 is 4.74 Å². The molecule has 0 amide bonds. The third kappa shape index (κ3) is 5.66. The molecule has 0 saturated heterocycles. The Morgan fingerprint density at radius 1 is 1.13 bits per heavy atom. The van der Waals surface area contributed by atoms with Gasteiger partial charge in [0.1, 0.15) is 5.82 Å². The number of aromatic nitrogens is 1. The zero-order chi connectivity index (χ0) is 16.9. The minimum atomic E-state index is 0.0273. The molecule has 0 saturated carbocycles. The van der Waals surface area contributed by atoms with Gasteiger partial charge in [0.15, 0.2) is 0 Å². The minimum absolute atomic E-state index is 0.0273. The molecule has 2 rings (SSSR count). The summed E-state index contributed by atoms with van der Waals surface area (Å²) in [4.78, 5) is 4.38. The maximum absolute atomic E-state index is 6.13. The van der Waals surface area contributed by atoms with Crippen LogP contribution in [0.4, 0.5) is 5.82 Å². The molecule has 2 aromatic rings. The Hall–Kier alpha value is -1.91. The van der Waals surface area contributed by atoms with Crippen LogP contribution in [0, 0.1) is 6.92 Å². The van der Waals surface area contributed by atoms with Gasteiger partial charge in [-0.3, -0.25) is 0 Å². The predicted molar refractivity (Wildman–Crippen MR) is 94.9 cm³/mol. The number of ether oxygens (including phenoxy) is 1. The Morgan fingerprint density at radius 3 is 2.48 bits per heavy atom. The Bertz CT molecular complexity index is 633. The fraction of sp³-hybridized carbons (Fsp3) is 0.421. The highest BCUT2D eigenvalue weighted by Gasteiger charge is 2.14. The van der Waals surface area contributed by atoms with Gasteiger partial charge in [-0.05, 0) is 44.9 Å². The lowest BCUT2D eigenvalue weighted by atomic mass is 10.1. The summed E-state index contributed by atoms with van der Waals surface area (Å²) in [5.41, 5.74) is 10.4. The lowest BCUT2D eigenvalue weighted by molar-refractivity contribution is 0.106. The van der Waals surface area contributed by atoms with Gasteiger partial charge in [-0.15, -0.1) is 0 Å². The van der Waals surface area contributed by atoms with Crippen LogP contribution in [0.3, 0.4) is 0 Å². The van der Waals surface area contributed by atoms with Crippen LogP contribution >= 0.6 is 0 Å². The Labute approximate surface area is 139 Å². The largest absolute Gasteiger partial charge is 0.383 e. The first-order chi connectivity index (χ1) is 10.8. The van der Waals surface area contributed by atoms with E-state index in [1.807, 2.05) is 25.1 Å². The van der Waals surface area contributed by atoms with Crippen LogP contribution < -0.4 is 11.1 Å². The van der Waals surface area contributed by atoms with E-state index in [9.17, 15) is 0 Å². The maximum atomic E-state index is 6.13. The summed E-state index contributed by atoms with van der Waals surface area (Å²) in [6.07, 6.45) is 0. The molecule has 0 spiro atoms. The lowest BCUT2D eigenvalue weighted by Gasteiger charge is -2.22.